The van der Waals surface area contributed by atoms with Crippen LogP contribution in [0.25, 0.3) is 0 Å². The molecule has 7 heteroatoms. The number of rotatable bonds is 7. The van der Waals surface area contributed by atoms with E-state index in [0.29, 0.717) is 29.4 Å². The van der Waals surface area contributed by atoms with Gasteiger partial charge in [-0.25, -0.2) is 9.79 Å². The van der Waals surface area contributed by atoms with Crippen molar-refractivity contribution in [3.63, 3.8) is 0 Å². The molecule has 2 aromatic rings. The number of nitrogens with zero attached hydrogens (tertiary/aromatic N) is 1. The third-order valence-corrected chi connectivity index (χ3v) is 4.66. The molecule has 0 fully saturated rings. The van der Waals surface area contributed by atoms with E-state index in [1.54, 1.807) is 39.2 Å². The highest BCUT2D eigenvalue weighted by Crippen LogP contribution is 2.35. The minimum absolute atomic E-state index is 0.249. The second-order valence-corrected chi connectivity index (χ2v) is 6.59. The summed E-state index contributed by atoms with van der Waals surface area (Å²) in [6, 6.07) is 14.0. The van der Waals surface area contributed by atoms with Gasteiger partial charge in [-0.2, -0.15) is 0 Å². The van der Waals surface area contributed by atoms with Gasteiger partial charge in [0.15, 0.2) is 11.5 Å². The van der Waals surface area contributed by atoms with Crippen molar-refractivity contribution in [2.24, 2.45) is 10.9 Å². The summed E-state index contributed by atoms with van der Waals surface area (Å²) in [5.74, 6) is -0.0497. The van der Waals surface area contributed by atoms with Crippen LogP contribution in [0.15, 0.2) is 53.5 Å². The first-order chi connectivity index (χ1) is 14.0. The second-order valence-electron chi connectivity index (χ2n) is 6.59. The molecular weight excluding hydrogens is 372 g/mol. The number of benzene rings is 2. The molecule has 1 N–H and O–H groups in total. The Kier molecular flexibility index (Phi) is 6.49. The molecule has 29 heavy (non-hydrogen) atoms. The normalized spacial score (nSPS) is 18.4. The highest BCUT2D eigenvalue weighted by atomic mass is 16.5. The molecule has 0 saturated heterocycles. The zero-order chi connectivity index (χ0) is 20.8. The van der Waals surface area contributed by atoms with Gasteiger partial charge in [-0.05, 0) is 37.1 Å². The van der Waals surface area contributed by atoms with Crippen molar-refractivity contribution < 1.29 is 23.8 Å². The van der Waals surface area contributed by atoms with Gasteiger partial charge >= 0.3 is 12.0 Å². The first-order valence-corrected chi connectivity index (χ1v) is 9.40. The van der Waals surface area contributed by atoms with E-state index >= 15 is 0 Å². The van der Waals surface area contributed by atoms with Gasteiger partial charge in [-0.15, -0.1) is 0 Å². The smallest absolute Gasteiger partial charge is 0.341 e. The fraction of sp³-hybridized carbons (Fsp3) is 0.318. The molecule has 2 atom stereocenters. The van der Waals surface area contributed by atoms with Crippen LogP contribution in [-0.4, -0.2) is 31.4 Å². The summed E-state index contributed by atoms with van der Waals surface area (Å²) in [4.78, 5) is 28.3. The van der Waals surface area contributed by atoms with E-state index in [1.807, 2.05) is 30.3 Å². The van der Waals surface area contributed by atoms with E-state index in [1.165, 1.54) is 0 Å². The largest absolute Gasteiger partial charge is 0.493 e. The molecule has 2 aromatic carbocycles. The summed E-state index contributed by atoms with van der Waals surface area (Å²) in [7, 11) is 1.55. The molecule has 1 aliphatic heterocycles. The zero-order valence-electron chi connectivity index (χ0n) is 16.7. The van der Waals surface area contributed by atoms with Crippen LogP contribution in [0, 0.1) is 5.92 Å². The summed E-state index contributed by atoms with van der Waals surface area (Å²) in [6.07, 6.45) is 0. The molecule has 1 heterocycles. The maximum atomic E-state index is 12.5. The number of aliphatic imine (C=N–C) groups is 1. The maximum Gasteiger partial charge on any atom is 0.341 e. The van der Waals surface area contributed by atoms with Crippen LogP contribution in [0.2, 0.25) is 0 Å². The van der Waals surface area contributed by atoms with E-state index in [2.05, 4.69) is 10.3 Å². The van der Waals surface area contributed by atoms with Crippen LogP contribution in [0.5, 0.6) is 11.5 Å². The number of urea groups is 1. The predicted octanol–water partition coefficient (Wildman–Crippen LogP) is 3.68. The first kappa shape index (κ1) is 20.4. The van der Waals surface area contributed by atoms with E-state index < -0.39 is 24.0 Å². The number of esters is 1. The molecule has 0 bridgehead atoms. The van der Waals surface area contributed by atoms with Crippen LogP contribution in [-0.2, 0) is 16.1 Å². The number of ether oxygens (including phenoxy) is 3. The van der Waals surface area contributed by atoms with Crippen LogP contribution in [0.4, 0.5) is 4.79 Å². The number of amides is 2. The minimum Gasteiger partial charge on any atom is -0.493 e. The molecule has 1 aliphatic rings. The number of hydrogen-bond donors (Lipinski definition) is 1. The lowest BCUT2D eigenvalue weighted by Gasteiger charge is -2.30. The second kappa shape index (κ2) is 9.23. The molecule has 0 aliphatic carbocycles. The molecule has 2 amide bonds. The number of hydrogen-bond acceptors (Lipinski definition) is 5. The van der Waals surface area contributed by atoms with E-state index in [4.69, 9.17) is 14.2 Å². The van der Waals surface area contributed by atoms with Gasteiger partial charge in [0, 0.05) is 5.71 Å². The lowest BCUT2D eigenvalue weighted by molar-refractivity contribution is -0.146. The molecule has 0 spiro atoms. The van der Waals surface area contributed by atoms with Crippen molar-refractivity contribution in [2.45, 2.75) is 26.5 Å². The van der Waals surface area contributed by atoms with Gasteiger partial charge in [0.05, 0.1) is 19.8 Å². The van der Waals surface area contributed by atoms with Gasteiger partial charge < -0.3 is 19.5 Å². The fourth-order valence-corrected chi connectivity index (χ4v) is 3.27. The molecular formula is C22H24N2O5. The summed E-state index contributed by atoms with van der Waals surface area (Å²) in [5.41, 5.74) is 2.16. The average Bonchev–Trinajstić information content (AvgIpc) is 2.72. The number of carbonyl (C=O) groups is 2. The van der Waals surface area contributed by atoms with Crippen molar-refractivity contribution in [2.75, 3.05) is 13.7 Å². The van der Waals surface area contributed by atoms with E-state index in [-0.39, 0.29) is 6.61 Å². The Bertz CT molecular complexity index is 911. The topological polar surface area (TPSA) is 86.2 Å². The summed E-state index contributed by atoms with van der Waals surface area (Å²) in [6.45, 7) is 4.04. The van der Waals surface area contributed by atoms with Crippen molar-refractivity contribution >= 4 is 17.7 Å². The molecule has 0 saturated carbocycles. The fourth-order valence-electron chi connectivity index (χ4n) is 3.27. The third-order valence-electron chi connectivity index (χ3n) is 4.66. The predicted molar refractivity (Wildman–Crippen MR) is 108 cm³/mol. The van der Waals surface area contributed by atoms with Gasteiger partial charge in [-0.3, -0.25) is 4.79 Å². The SMILES string of the molecule is CCOC(=O)C1C(C)=NC(=O)NC1c1ccc(OCc2ccccc2)c(OC)c1. The van der Waals surface area contributed by atoms with Gasteiger partial charge in [0.1, 0.15) is 12.5 Å². The van der Waals surface area contributed by atoms with Gasteiger partial charge in [0.25, 0.3) is 0 Å². The average molecular weight is 396 g/mol. The molecule has 7 nitrogen and oxygen atoms in total. The Morgan fingerprint density at radius 1 is 1.14 bits per heavy atom. The minimum atomic E-state index is -0.701. The Labute approximate surface area is 169 Å². The number of nitrogens with one attached hydrogen (secondary N) is 1. The number of carbonyl (C=O) groups excluding carboxylic acids is 2. The summed E-state index contributed by atoms with van der Waals surface area (Å²) < 4.78 is 16.5. The molecule has 2 unspecified atom stereocenters. The van der Waals surface area contributed by atoms with Crippen molar-refractivity contribution in [1.29, 1.82) is 0 Å². The summed E-state index contributed by atoms with van der Waals surface area (Å²) >= 11 is 0. The Morgan fingerprint density at radius 3 is 2.59 bits per heavy atom. The van der Waals surface area contributed by atoms with Gasteiger partial charge in [-0.1, -0.05) is 36.4 Å². The lowest BCUT2D eigenvalue weighted by atomic mass is 9.88. The van der Waals surface area contributed by atoms with Crippen molar-refractivity contribution in [1.82, 2.24) is 5.32 Å². The summed E-state index contributed by atoms with van der Waals surface area (Å²) in [5, 5.41) is 2.76. The first-order valence-electron chi connectivity index (χ1n) is 9.40. The standard InChI is InChI=1S/C22H24N2O5/c1-4-28-21(25)19-14(2)23-22(26)24-20(19)16-10-11-17(18(12-16)27-3)29-13-15-8-6-5-7-9-15/h5-12,19-20H,4,13H2,1-3H3,(H,24,26). The van der Waals surface area contributed by atoms with Crippen molar-refractivity contribution in [3.8, 4) is 11.5 Å². The quantitative estimate of drug-likeness (QED) is 0.722. The van der Waals surface area contributed by atoms with Crippen molar-refractivity contribution in [3.05, 3.63) is 59.7 Å². The molecule has 0 aromatic heterocycles. The number of methoxy groups -OCH3 is 1. The van der Waals surface area contributed by atoms with E-state index in [0.717, 1.165) is 5.56 Å². The van der Waals surface area contributed by atoms with Gasteiger partial charge in [0.2, 0.25) is 0 Å². The monoisotopic (exact) mass is 396 g/mol. The Hall–Kier alpha value is -3.35. The van der Waals surface area contributed by atoms with Crippen LogP contribution < -0.4 is 14.8 Å². The third kappa shape index (κ3) is 4.74. The Balaban J connectivity index is 1.86. The maximum absolute atomic E-state index is 12.5. The van der Waals surface area contributed by atoms with Crippen LogP contribution in [0.1, 0.15) is 31.0 Å². The highest BCUT2D eigenvalue weighted by Gasteiger charge is 2.38. The lowest BCUT2D eigenvalue weighted by Crippen LogP contribution is -2.44. The molecule has 152 valence electrons. The zero-order valence-corrected chi connectivity index (χ0v) is 16.7. The highest BCUT2D eigenvalue weighted by molar-refractivity contribution is 6.08. The van der Waals surface area contributed by atoms with E-state index in [9.17, 15) is 9.59 Å². The Morgan fingerprint density at radius 2 is 1.90 bits per heavy atom. The molecule has 3 rings (SSSR count). The van der Waals surface area contributed by atoms with Crippen LogP contribution in [0.3, 0.4) is 0 Å². The molecule has 0 radical (unpaired) electrons. The van der Waals surface area contributed by atoms with Crippen LogP contribution >= 0.6 is 0 Å².